The zero-order valence-corrected chi connectivity index (χ0v) is 24.2. The highest BCUT2D eigenvalue weighted by molar-refractivity contribution is 7.91. The van der Waals surface area contributed by atoms with E-state index < -0.39 is 51.9 Å². The monoisotopic (exact) mass is 614 g/mol. The zero-order valence-electron chi connectivity index (χ0n) is 22.6. The lowest BCUT2D eigenvalue weighted by Crippen LogP contribution is -2.45. The minimum atomic E-state index is -3.03. The molecule has 9 nitrogen and oxygen atoms in total. The van der Waals surface area contributed by atoms with Crippen molar-refractivity contribution in [2.24, 2.45) is 5.92 Å². The second kappa shape index (κ2) is 10.6. The van der Waals surface area contributed by atoms with Gasteiger partial charge in [0.05, 0.1) is 28.3 Å². The van der Waals surface area contributed by atoms with Crippen LogP contribution in [-0.4, -0.2) is 65.1 Å². The molecule has 3 heterocycles. The molecule has 220 valence electrons. The van der Waals surface area contributed by atoms with Gasteiger partial charge in [0.15, 0.2) is 15.7 Å². The van der Waals surface area contributed by atoms with Crippen LogP contribution in [0.3, 0.4) is 0 Å². The number of nitrogens with zero attached hydrogens (tertiary/aromatic N) is 5. The molecule has 2 aromatic heterocycles. The molecule has 0 radical (unpaired) electrons. The first-order chi connectivity index (χ1) is 20.0. The summed E-state index contributed by atoms with van der Waals surface area (Å²) in [6.07, 6.45) is 3.26. The Labute approximate surface area is 247 Å². The summed E-state index contributed by atoms with van der Waals surface area (Å²) in [5.74, 6) is -4.47. The van der Waals surface area contributed by atoms with Gasteiger partial charge in [-0.05, 0) is 49.1 Å². The Morgan fingerprint density at radius 3 is 2.43 bits per heavy atom. The van der Waals surface area contributed by atoms with Crippen LogP contribution in [0.5, 0.6) is 0 Å². The Hall–Kier alpha value is -3.56. The summed E-state index contributed by atoms with van der Waals surface area (Å²) in [5, 5.41) is 17.5. The van der Waals surface area contributed by atoms with Gasteiger partial charge >= 0.3 is 0 Å². The number of benzene rings is 1. The van der Waals surface area contributed by atoms with Gasteiger partial charge in [-0.1, -0.05) is 23.7 Å². The number of nitriles is 1. The fraction of sp³-hybridized carbons (Fsp3) is 0.448. The van der Waals surface area contributed by atoms with Crippen molar-refractivity contribution in [3.05, 3.63) is 59.5 Å². The second-order valence-electron chi connectivity index (χ2n) is 11.4. The van der Waals surface area contributed by atoms with Gasteiger partial charge in [0.1, 0.15) is 5.54 Å². The SMILES string of the molecule is N#CC1(NC(=O)[C@@H]2CCC(F)(F)C[C@H]2c2nn(-c3ccc(Cl)cn3)cc2-c2ccc(N3CCS(=O)(=O)CC3)cc2)CC1. The number of alkyl halides is 2. The Bertz CT molecular complexity index is 1640. The molecule has 13 heteroatoms. The van der Waals surface area contributed by atoms with E-state index in [-0.39, 0.29) is 17.9 Å². The lowest BCUT2D eigenvalue weighted by molar-refractivity contribution is -0.131. The van der Waals surface area contributed by atoms with Gasteiger partial charge in [-0.25, -0.2) is 26.9 Å². The molecule has 1 aromatic carbocycles. The van der Waals surface area contributed by atoms with Crippen molar-refractivity contribution in [2.75, 3.05) is 29.5 Å². The van der Waals surface area contributed by atoms with Crippen LogP contribution < -0.4 is 10.2 Å². The average Bonchev–Trinajstić information content (AvgIpc) is 3.59. The van der Waals surface area contributed by atoms with E-state index in [2.05, 4.69) is 16.4 Å². The molecule has 1 amide bonds. The molecule has 0 unspecified atom stereocenters. The van der Waals surface area contributed by atoms with E-state index in [1.54, 1.807) is 18.3 Å². The number of carbonyl (C=O) groups is 1. The number of hydrogen-bond acceptors (Lipinski definition) is 7. The summed E-state index contributed by atoms with van der Waals surface area (Å²) in [5.41, 5.74) is 1.59. The van der Waals surface area contributed by atoms with Crippen molar-refractivity contribution in [3.8, 4) is 23.0 Å². The molecule has 3 aromatic rings. The second-order valence-corrected chi connectivity index (χ2v) is 14.1. The fourth-order valence-electron chi connectivity index (χ4n) is 5.78. The third-order valence-electron chi connectivity index (χ3n) is 8.42. The molecular weight excluding hydrogens is 586 g/mol. The molecular formula is C29H29ClF2N6O3S. The zero-order chi connectivity index (χ0) is 29.7. The molecule has 3 fully saturated rings. The van der Waals surface area contributed by atoms with E-state index in [4.69, 9.17) is 16.7 Å². The third-order valence-corrected chi connectivity index (χ3v) is 10.2. The number of hydrogen-bond donors (Lipinski definition) is 1. The van der Waals surface area contributed by atoms with Crippen LogP contribution in [0.25, 0.3) is 16.9 Å². The van der Waals surface area contributed by atoms with E-state index in [9.17, 15) is 27.3 Å². The lowest BCUT2D eigenvalue weighted by atomic mass is 9.74. The van der Waals surface area contributed by atoms with Crippen molar-refractivity contribution in [1.82, 2.24) is 20.1 Å². The highest BCUT2D eigenvalue weighted by Crippen LogP contribution is 2.48. The van der Waals surface area contributed by atoms with Crippen LogP contribution in [-0.2, 0) is 14.6 Å². The predicted molar refractivity (Wildman–Crippen MR) is 153 cm³/mol. The van der Waals surface area contributed by atoms with E-state index in [0.717, 1.165) is 5.69 Å². The summed E-state index contributed by atoms with van der Waals surface area (Å²) in [7, 11) is -3.03. The first-order valence-corrected chi connectivity index (χ1v) is 16.0. The molecule has 1 aliphatic heterocycles. The minimum Gasteiger partial charge on any atom is -0.369 e. The predicted octanol–water partition coefficient (Wildman–Crippen LogP) is 4.51. The number of sulfone groups is 1. The van der Waals surface area contributed by atoms with E-state index >= 15 is 0 Å². The molecule has 2 atom stereocenters. The van der Waals surface area contributed by atoms with Crippen molar-refractivity contribution >= 4 is 33.0 Å². The van der Waals surface area contributed by atoms with Crippen molar-refractivity contribution in [3.63, 3.8) is 0 Å². The van der Waals surface area contributed by atoms with E-state index in [0.29, 0.717) is 53.6 Å². The van der Waals surface area contributed by atoms with Crippen molar-refractivity contribution in [1.29, 1.82) is 5.26 Å². The number of aromatic nitrogens is 3. The number of amides is 1. The van der Waals surface area contributed by atoms with Crippen LogP contribution in [0.15, 0.2) is 48.8 Å². The molecule has 2 saturated carbocycles. The van der Waals surface area contributed by atoms with Gasteiger partial charge in [0, 0.05) is 61.4 Å². The molecule has 0 bridgehead atoms. The van der Waals surface area contributed by atoms with Crippen LogP contribution >= 0.6 is 11.6 Å². The van der Waals surface area contributed by atoms with Crippen molar-refractivity contribution in [2.45, 2.75) is 49.5 Å². The largest absolute Gasteiger partial charge is 0.369 e. The summed E-state index contributed by atoms with van der Waals surface area (Å²) < 4.78 is 55.1. The Balaban J connectivity index is 1.38. The number of pyridine rings is 1. The molecule has 1 N–H and O–H groups in total. The molecule has 0 spiro atoms. The summed E-state index contributed by atoms with van der Waals surface area (Å²) in [6, 6.07) is 12.9. The summed E-state index contributed by atoms with van der Waals surface area (Å²) >= 11 is 6.02. The molecule has 2 aliphatic carbocycles. The smallest absolute Gasteiger partial charge is 0.248 e. The summed E-state index contributed by atoms with van der Waals surface area (Å²) in [6.45, 7) is 0.788. The van der Waals surface area contributed by atoms with Gasteiger partial charge in [0.2, 0.25) is 11.8 Å². The molecule has 42 heavy (non-hydrogen) atoms. The first kappa shape index (κ1) is 28.6. The van der Waals surface area contributed by atoms with Crippen LogP contribution in [0.2, 0.25) is 5.02 Å². The van der Waals surface area contributed by atoms with Gasteiger partial charge in [0.25, 0.3) is 0 Å². The van der Waals surface area contributed by atoms with Gasteiger partial charge in [-0.2, -0.15) is 10.4 Å². The van der Waals surface area contributed by atoms with E-state index in [1.807, 2.05) is 29.2 Å². The number of halogens is 3. The van der Waals surface area contributed by atoms with Crippen LogP contribution in [0.1, 0.15) is 43.7 Å². The normalized spacial score (nSPS) is 24.0. The lowest BCUT2D eigenvalue weighted by Gasteiger charge is -2.35. The fourth-order valence-corrected chi connectivity index (χ4v) is 7.09. The topological polar surface area (TPSA) is 121 Å². The van der Waals surface area contributed by atoms with Crippen LogP contribution in [0.4, 0.5) is 14.5 Å². The Morgan fingerprint density at radius 1 is 1.10 bits per heavy atom. The standard InChI is InChI=1S/C29H29ClF2N6O3S/c30-20-3-6-25(34-16-20)38-17-24(19-1-4-21(5-2-19)37-11-13-42(40,41)14-12-37)26(36-38)23-15-29(31,32)8-7-22(23)27(39)35-28(18-33)9-10-28/h1-6,16-17,22-23H,7-15H2,(H,35,39)/t22-,23-/m1/s1. The van der Waals surface area contributed by atoms with E-state index in [1.165, 1.54) is 10.9 Å². The number of carbonyl (C=O) groups excluding carboxylic acids is 1. The molecule has 6 rings (SSSR count). The van der Waals surface area contributed by atoms with Gasteiger partial charge in [-0.3, -0.25) is 4.79 Å². The maximum Gasteiger partial charge on any atom is 0.248 e. The number of anilines is 1. The van der Waals surface area contributed by atoms with Gasteiger partial charge < -0.3 is 10.2 Å². The van der Waals surface area contributed by atoms with Crippen molar-refractivity contribution < 1.29 is 22.0 Å². The Morgan fingerprint density at radius 2 is 1.81 bits per heavy atom. The quantitative estimate of drug-likeness (QED) is 0.433. The maximum atomic E-state index is 14.9. The first-order valence-electron chi connectivity index (χ1n) is 13.8. The Kier molecular flexibility index (Phi) is 7.22. The highest BCUT2D eigenvalue weighted by Gasteiger charge is 2.50. The third kappa shape index (κ3) is 5.85. The molecule has 1 saturated heterocycles. The maximum absolute atomic E-state index is 14.9. The summed E-state index contributed by atoms with van der Waals surface area (Å²) in [4.78, 5) is 19.7. The van der Waals surface area contributed by atoms with Crippen LogP contribution in [0, 0.1) is 17.2 Å². The minimum absolute atomic E-state index is 0.0344. The average molecular weight is 615 g/mol. The van der Waals surface area contributed by atoms with Gasteiger partial charge in [-0.15, -0.1) is 0 Å². The highest BCUT2D eigenvalue weighted by atomic mass is 35.5. The number of nitrogens with one attached hydrogen (secondary N) is 1. The molecule has 3 aliphatic rings. The number of rotatable bonds is 6.